The van der Waals surface area contributed by atoms with Gasteiger partial charge in [0.15, 0.2) is 6.10 Å². The average Bonchev–Trinajstić information content (AvgIpc) is 2.54. The Morgan fingerprint density at radius 2 is 1.96 bits per heavy atom. The number of methoxy groups -OCH3 is 1. The molecular weight excluding hydrogens is 300 g/mol. The Labute approximate surface area is 136 Å². The van der Waals surface area contributed by atoms with E-state index in [9.17, 15) is 4.79 Å². The lowest BCUT2D eigenvalue weighted by atomic mass is 10.1. The van der Waals surface area contributed by atoms with Gasteiger partial charge in [0, 0.05) is 12.8 Å². The molecule has 1 rings (SSSR count). The minimum Gasteiger partial charge on any atom is -0.493 e. The molecule has 0 radical (unpaired) electrons. The number of nitrogens with two attached hydrogens (primary N) is 1. The summed E-state index contributed by atoms with van der Waals surface area (Å²) < 4.78 is 15.8. The van der Waals surface area contributed by atoms with Crippen molar-refractivity contribution in [1.82, 2.24) is 0 Å². The summed E-state index contributed by atoms with van der Waals surface area (Å²) in [5.74, 6) is 0.394. The van der Waals surface area contributed by atoms with Gasteiger partial charge in [-0.25, -0.2) is 4.79 Å². The molecule has 23 heavy (non-hydrogen) atoms. The molecule has 1 aromatic carbocycles. The quantitative estimate of drug-likeness (QED) is 0.236. The first-order valence-corrected chi connectivity index (χ1v) is 7.37. The highest BCUT2D eigenvalue weighted by atomic mass is 16.6. The Balaban J connectivity index is 2.58. The van der Waals surface area contributed by atoms with Gasteiger partial charge in [-0.1, -0.05) is 17.3 Å². The lowest BCUT2D eigenvalue weighted by Crippen LogP contribution is -2.30. The maximum absolute atomic E-state index is 11.7. The third-order valence-corrected chi connectivity index (χ3v) is 3.00. The Kier molecular flexibility index (Phi) is 7.90. The predicted octanol–water partition coefficient (Wildman–Crippen LogP) is 1.71. The van der Waals surface area contributed by atoms with E-state index in [0.29, 0.717) is 25.2 Å². The van der Waals surface area contributed by atoms with Crippen LogP contribution >= 0.6 is 0 Å². The number of rotatable bonds is 9. The van der Waals surface area contributed by atoms with Crippen LogP contribution in [0.25, 0.3) is 0 Å². The monoisotopic (exact) mass is 324 g/mol. The summed E-state index contributed by atoms with van der Waals surface area (Å²) in [6.07, 6.45) is 0.0628. The van der Waals surface area contributed by atoms with Crippen LogP contribution in [0.4, 0.5) is 0 Å². The standard InChI is InChI=1S/C16H24N2O5/c1-11(2)23-14(16(19)21-3)10-12-4-6-13(7-5-12)22-9-8-15(17)18-20/h4-7,11,14,20H,8-10H2,1-3H3,(H2,17,18). The van der Waals surface area contributed by atoms with E-state index >= 15 is 0 Å². The molecule has 0 aliphatic rings. The second-order valence-electron chi connectivity index (χ2n) is 5.23. The number of oxime groups is 1. The average molecular weight is 324 g/mol. The fourth-order valence-corrected chi connectivity index (χ4v) is 1.91. The first kappa shape index (κ1) is 18.8. The van der Waals surface area contributed by atoms with Gasteiger partial charge in [-0.3, -0.25) is 0 Å². The molecule has 0 aliphatic heterocycles. The zero-order valence-corrected chi connectivity index (χ0v) is 13.7. The molecule has 1 unspecified atom stereocenters. The Morgan fingerprint density at radius 1 is 1.30 bits per heavy atom. The molecule has 128 valence electrons. The second-order valence-corrected chi connectivity index (χ2v) is 5.23. The van der Waals surface area contributed by atoms with Crippen LogP contribution < -0.4 is 10.5 Å². The summed E-state index contributed by atoms with van der Waals surface area (Å²) in [7, 11) is 1.34. The van der Waals surface area contributed by atoms with Crippen molar-refractivity contribution < 1.29 is 24.2 Å². The highest BCUT2D eigenvalue weighted by Crippen LogP contribution is 2.15. The fraction of sp³-hybridized carbons (Fsp3) is 0.500. The van der Waals surface area contributed by atoms with Crippen molar-refractivity contribution in [3.63, 3.8) is 0 Å². The summed E-state index contributed by atoms with van der Waals surface area (Å²) in [5.41, 5.74) is 6.29. The number of carbonyl (C=O) groups is 1. The minimum absolute atomic E-state index is 0.0691. The van der Waals surface area contributed by atoms with E-state index in [-0.39, 0.29) is 11.9 Å². The number of amidine groups is 1. The molecule has 7 nitrogen and oxygen atoms in total. The van der Waals surface area contributed by atoms with E-state index in [0.717, 1.165) is 5.56 Å². The molecule has 0 amide bonds. The number of nitrogens with zero attached hydrogens (tertiary/aromatic N) is 1. The molecule has 0 aromatic heterocycles. The van der Waals surface area contributed by atoms with Crippen molar-refractivity contribution in [2.24, 2.45) is 10.9 Å². The van der Waals surface area contributed by atoms with Crippen LogP contribution in [-0.4, -0.2) is 42.9 Å². The van der Waals surface area contributed by atoms with E-state index in [1.807, 2.05) is 26.0 Å². The number of ether oxygens (including phenoxy) is 3. The summed E-state index contributed by atoms with van der Waals surface area (Å²) >= 11 is 0. The van der Waals surface area contributed by atoms with Crippen molar-refractivity contribution >= 4 is 11.8 Å². The van der Waals surface area contributed by atoms with Crippen LogP contribution in [-0.2, 0) is 20.7 Å². The van der Waals surface area contributed by atoms with Crippen molar-refractivity contribution in [1.29, 1.82) is 0 Å². The normalized spacial score (nSPS) is 13.0. The largest absolute Gasteiger partial charge is 0.493 e. The van der Waals surface area contributed by atoms with Gasteiger partial charge >= 0.3 is 5.97 Å². The molecule has 7 heteroatoms. The van der Waals surface area contributed by atoms with Gasteiger partial charge in [0.2, 0.25) is 0 Å². The Bertz CT molecular complexity index is 514. The molecule has 0 heterocycles. The number of carbonyl (C=O) groups excluding carboxylic acids is 1. The summed E-state index contributed by atoms with van der Waals surface area (Å²) in [4.78, 5) is 11.7. The number of esters is 1. The summed E-state index contributed by atoms with van der Waals surface area (Å²) in [6, 6.07) is 7.31. The first-order chi connectivity index (χ1) is 11.0. The molecule has 1 aromatic rings. The highest BCUT2D eigenvalue weighted by Gasteiger charge is 2.21. The van der Waals surface area contributed by atoms with Gasteiger partial charge in [-0.05, 0) is 31.5 Å². The predicted molar refractivity (Wildman–Crippen MR) is 85.7 cm³/mol. The smallest absolute Gasteiger partial charge is 0.335 e. The maximum atomic E-state index is 11.7. The van der Waals surface area contributed by atoms with E-state index in [4.69, 9.17) is 25.2 Å². The van der Waals surface area contributed by atoms with Crippen LogP contribution in [0.15, 0.2) is 29.4 Å². The SMILES string of the molecule is COC(=O)C(Cc1ccc(OCC/C(N)=N/O)cc1)OC(C)C. The summed E-state index contributed by atoms with van der Waals surface area (Å²) in [6.45, 7) is 4.05. The van der Waals surface area contributed by atoms with Gasteiger partial charge in [0.05, 0.1) is 19.8 Å². The van der Waals surface area contributed by atoms with Gasteiger partial charge in [-0.15, -0.1) is 0 Å². The molecule has 0 aliphatic carbocycles. The third kappa shape index (κ3) is 7.01. The molecule has 0 spiro atoms. The molecular formula is C16H24N2O5. The zero-order valence-electron chi connectivity index (χ0n) is 13.7. The molecule has 3 N–H and O–H groups in total. The molecule has 0 fully saturated rings. The van der Waals surface area contributed by atoms with Crippen LogP contribution in [0.1, 0.15) is 25.8 Å². The highest BCUT2D eigenvalue weighted by molar-refractivity contribution is 5.79. The van der Waals surface area contributed by atoms with Crippen molar-refractivity contribution in [2.45, 2.75) is 38.9 Å². The summed E-state index contributed by atoms with van der Waals surface area (Å²) in [5, 5.41) is 11.3. The Hall–Kier alpha value is -2.28. The van der Waals surface area contributed by atoms with Crippen molar-refractivity contribution in [3.8, 4) is 5.75 Å². The molecule has 0 bridgehead atoms. The van der Waals surface area contributed by atoms with Crippen LogP contribution in [0.5, 0.6) is 5.75 Å². The van der Waals surface area contributed by atoms with Gasteiger partial charge < -0.3 is 25.2 Å². The first-order valence-electron chi connectivity index (χ1n) is 7.37. The maximum Gasteiger partial charge on any atom is 0.335 e. The topological polar surface area (TPSA) is 103 Å². The molecule has 0 saturated heterocycles. The third-order valence-electron chi connectivity index (χ3n) is 3.00. The van der Waals surface area contributed by atoms with Gasteiger partial charge in [0.25, 0.3) is 0 Å². The van der Waals surface area contributed by atoms with Gasteiger partial charge in [0.1, 0.15) is 11.6 Å². The fourth-order valence-electron chi connectivity index (χ4n) is 1.91. The van der Waals surface area contributed by atoms with E-state index in [1.165, 1.54) is 7.11 Å². The lowest BCUT2D eigenvalue weighted by molar-refractivity contribution is -0.156. The molecule has 1 atom stereocenters. The molecule has 0 saturated carbocycles. The van der Waals surface area contributed by atoms with Crippen LogP contribution in [0, 0.1) is 0 Å². The van der Waals surface area contributed by atoms with E-state index in [2.05, 4.69) is 5.16 Å². The number of hydrogen-bond acceptors (Lipinski definition) is 6. The van der Waals surface area contributed by atoms with Gasteiger partial charge in [-0.2, -0.15) is 0 Å². The van der Waals surface area contributed by atoms with E-state index in [1.54, 1.807) is 12.1 Å². The second kappa shape index (κ2) is 9.68. The van der Waals surface area contributed by atoms with Crippen molar-refractivity contribution in [2.75, 3.05) is 13.7 Å². The van der Waals surface area contributed by atoms with Crippen LogP contribution in [0.2, 0.25) is 0 Å². The number of benzene rings is 1. The zero-order chi connectivity index (χ0) is 17.2. The Morgan fingerprint density at radius 3 is 2.48 bits per heavy atom. The van der Waals surface area contributed by atoms with E-state index < -0.39 is 12.1 Å². The number of hydrogen-bond donors (Lipinski definition) is 2. The van der Waals surface area contributed by atoms with Crippen molar-refractivity contribution in [3.05, 3.63) is 29.8 Å². The lowest BCUT2D eigenvalue weighted by Gasteiger charge is -2.18. The van der Waals surface area contributed by atoms with Crippen LogP contribution in [0.3, 0.4) is 0 Å². The minimum atomic E-state index is -0.632.